The molecule has 148 valence electrons. The van der Waals surface area contributed by atoms with Crippen molar-refractivity contribution in [3.8, 4) is 11.5 Å². The lowest BCUT2D eigenvalue weighted by Gasteiger charge is -2.15. The first-order valence-electron chi connectivity index (χ1n) is 8.16. The van der Waals surface area contributed by atoms with E-state index >= 15 is 0 Å². The molecular formula is C19H19Cl2N3O4. The quantitative estimate of drug-likeness (QED) is 0.501. The standard InChI is InChI=1S/C19H19Cl2N3O4/c1-10-7-12(5-6-14(10)20)23-24-17(11(2)25)19(26)22-18-15(21)8-13(27-3)9-16(18)28-4/h5-9,17H,1-4H3,(H,22,26). The van der Waals surface area contributed by atoms with Crippen molar-refractivity contribution in [1.29, 1.82) is 0 Å². The number of halogens is 2. The van der Waals surface area contributed by atoms with Crippen molar-refractivity contribution in [3.63, 3.8) is 0 Å². The highest BCUT2D eigenvalue weighted by atomic mass is 35.5. The van der Waals surface area contributed by atoms with Crippen molar-refractivity contribution in [1.82, 2.24) is 0 Å². The molecule has 0 fully saturated rings. The first-order chi connectivity index (χ1) is 13.3. The van der Waals surface area contributed by atoms with Crippen molar-refractivity contribution in [2.45, 2.75) is 19.9 Å². The normalized spacial score (nSPS) is 11.9. The Labute approximate surface area is 172 Å². The number of azo groups is 1. The molecule has 1 N–H and O–H groups in total. The number of benzene rings is 2. The molecule has 2 aromatic rings. The van der Waals surface area contributed by atoms with E-state index in [1.807, 2.05) is 6.92 Å². The molecule has 2 aromatic carbocycles. The van der Waals surface area contributed by atoms with Gasteiger partial charge < -0.3 is 14.8 Å². The Morgan fingerprint density at radius 3 is 2.36 bits per heavy atom. The SMILES string of the molecule is COc1cc(Cl)c(NC(=O)C(N=Nc2ccc(Cl)c(C)c2)C(C)=O)c(OC)c1. The number of anilines is 1. The number of rotatable bonds is 7. The monoisotopic (exact) mass is 423 g/mol. The molecule has 0 aliphatic heterocycles. The minimum absolute atomic E-state index is 0.192. The van der Waals surface area contributed by atoms with Gasteiger partial charge in [-0.3, -0.25) is 9.59 Å². The summed E-state index contributed by atoms with van der Waals surface area (Å²) in [5, 5.41) is 11.2. The topological polar surface area (TPSA) is 89.4 Å². The lowest BCUT2D eigenvalue weighted by Crippen LogP contribution is -2.32. The molecule has 2 rings (SSSR count). The number of ether oxygens (including phenoxy) is 2. The Morgan fingerprint density at radius 2 is 1.79 bits per heavy atom. The number of Topliss-reactive ketones (excluding diaryl/α,β-unsaturated/α-hetero) is 1. The fourth-order valence-electron chi connectivity index (χ4n) is 2.28. The van der Waals surface area contributed by atoms with E-state index in [0.717, 1.165) is 5.56 Å². The van der Waals surface area contributed by atoms with Crippen LogP contribution in [0.5, 0.6) is 11.5 Å². The summed E-state index contributed by atoms with van der Waals surface area (Å²) < 4.78 is 10.3. The summed E-state index contributed by atoms with van der Waals surface area (Å²) >= 11 is 12.2. The van der Waals surface area contributed by atoms with Crippen LogP contribution in [0.4, 0.5) is 11.4 Å². The summed E-state index contributed by atoms with van der Waals surface area (Å²) in [7, 11) is 2.90. The van der Waals surface area contributed by atoms with Gasteiger partial charge >= 0.3 is 0 Å². The van der Waals surface area contributed by atoms with Crippen molar-refractivity contribution >= 4 is 46.3 Å². The first-order valence-corrected chi connectivity index (χ1v) is 8.92. The molecule has 0 aliphatic rings. The maximum absolute atomic E-state index is 12.6. The van der Waals surface area contributed by atoms with Gasteiger partial charge in [-0.05, 0) is 37.6 Å². The van der Waals surface area contributed by atoms with Crippen LogP contribution < -0.4 is 14.8 Å². The molecule has 0 saturated carbocycles. The number of carbonyl (C=O) groups excluding carboxylic acids is 2. The summed E-state index contributed by atoms with van der Waals surface area (Å²) in [5.41, 5.74) is 1.48. The average Bonchev–Trinajstić information content (AvgIpc) is 2.65. The molecule has 1 amide bonds. The number of hydrogen-bond acceptors (Lipinski definition) is 6. The first kappa shape index (κ1) is 21.7. The van der Waals surface area contributed by atoms with Crippen LogP contribution in [0.2, 0.25) is 10.0 Å². The second kappa shape index (κ2) is 9.52. The summed E-state index contributed by atoms with van der Waals surface area (Å²) in [6.07, 6.45) is 0. The third kappa shape index (κ3) is 5.21. The summed E-state index contributed by atoms with van der Waals surface area (Å²) in [6, 6.07) is 6.72. The van der Waals surface area contributed by atoms with Crippen LogP contribution in [0.25, 0.3) is 0 Å². The Morgan fingerprint density at radius 1 is 1.07 bits per heavy atom. The molecule has 28 heavy (non-hydrogen) atoms. The van der Waals surface area contributed by atoms with Gasteiger partial charge in [0.15, 0.2) is 5.78 Å². The van der Waals surface area contributed by atoms with Crippen molar-refractivity contribution in [3.05, 3.63) is 45.9 Å². The fourth-order valence-corrected chi connectivity index (χ4v) is 2.65. The highest BCUT2D eigenvalue weighted by Gasteiger charge is 2.25. The molecular weight excluding hydrogens is 405 g/mol. The molecule has 7 nitrogen and oxygen atoms in total. The second-order valence-corrected chi connectivity index (χ2v) is 6.65. The Balaban J connectivity index is 2.27. The molecule has 1 atom stereocenters. The van der Waals surface area contributed by atoms with Gasteiger partial charge in [0.2, 0.25) is 6.04 Å². The molecule has 1 unspecified atom stereocenters. The average molecular weight is 424 g/mol. The number of aryl methyl sites for hydroxylation is 1. The van der Waals surface area contributed by atoms with Crippen molar-refractivity contribution in [2.75, 3.05) is 19.5 Å². The molecule has 0 aliphatic carbocycles. The van der Waals surface area contributed by atoms with Gasteiger partial charge in [-0.15, -0.1) is 0 Å². The van der Waals surface area contributed by atoms with Crippen LogP contribution in [-0.2, 0) is 9.59 Å². The van der Waals surface area contributed by atoms with E-state index < -0.39 is 17.7 Å². The molecule has 0 radical (unpaired) electrons. The van der Waals surface area contributed by atoms with E-state index in [1.54, 1.807) is 24.3 Å². The Kier molecular flexibility index (Phi) is 7.37. The van der Waals surface area contributed by atoms with Gasteiger partial charge in [-0.2, -0.15) is 10.2 Å². The van der Waals surface area contributed by atoms with Gasteiger partial charge in [-0.25, -0.2) is 0 Å². The number of methoxy groups -OCH3 is 2. The number of carbonyl (C=O) groups is 2. The number of nitrogens with one attached hydrogen (secondary N) is 1. The third-order valence-electron chi connectivity index (χ3n) is 3.79. The third-order valence-corrected chi connectivity index (χ3v) is 4.52. The van der Waals surface area contributed by atoms with E-state index in [2.05, 4.69) is 15.5 Å². The zero-order valence-corrected chi connectivity index (χ0v) is 17.3. The minimum atomic E-state index is -1.35. The second-order valence-electron chi connectivity index (χ2n) is 5.84. The zero-order valence-electron chi connectivity index (χ0n) is 15.7. The van der Waals surface area contributed by atoms with Crippen LogP contribution in [-0.4, -0.2) is 32.0 Å². The highest BCUT2D eigenvalue weighted by molar-refractivity contribution is 6.34. The van der Waals surface area contributed by atoms with Crippen LogP contribution in [0, 0.1) is 6.92 Å². The lowest BCUT2D eigenvalue weighted by atomic mass is 10.2. The molecule has 9 heteroatoms. The van der Waals surface area contributed by atoms with E-state index in [9.17, 15) is 9.59 Å². The zero-order chi connectivity index (χ0) is 20.8. The Hall–Kier alpha value is -2.64. The maximum atomic E-state index is 12.6. The Bertz CT molecular complexity index is 932. The van der Waals surface area contributed by atoms with Gasteiger partial charge in [0, 0.05) is 17.2 Å². The van der Waals surface area contributed by atoms with E-state index in [-0.39, 0.29) is 16.5 Å². The van der Waals surface area contributed by atoms with Gasteiger partial charge in [0.05, 0.1) is 24.9 Å². The number of amides is 1. The maximum Gasteiger partial charge on any atom is 0.258 e. The van der Waals surface area contributed by atoms with Gasteiger partial charge in [-0.1, -0.05) is 23.2 Å². The van der Waals surface area contributed by atoms with Crippen LogP contribution in [0.15, 0.2) is 40.6 Å². The molecule has 0 aromatic heterocycles. The predicted octanol–water partition coefficient (Wildman–Crippen LogP) is 5.00. The van der Waals surface area contributed by atoms with E-state index in [4.69, 9.17) is 32.7 Å². The molecule has 0 spiro atoms. The summed E-state index contributed by atoms with van der Waals surface area (Å²) in [5.74, 6) is -0.422. The van der Waals surface area contributed by atoms with Gasteiger partial charge in [0.1, 0.15) is 17.2 Å². The predicted molar refractivity (Wildman–Crippen MR) is 108 cm³/mol. The molecule has 0 heterocycles. The lowest BCUT2D eigenvalue weighted by molar-refractivity contribution is -0.126. The van der Waals surface area contributed by atoms with Gasteiger partial charge in [0.25, 0.3) is 5.91 Å². The number of ketones is 1. The van der Waals surface area contributed by atoms with Crippen molar-refractivity contribution < 1.29 is 19.1 Å². The highest BCUT2D eigenvalue weighted by Crippen LogP contribution is 2.37. The van der Waals surface area contributed by atoms with Crippen molar-refractivity contribution in [2.24, 2.45) is 10.2 Å². The fraction of sp³-hybridized carbons (Fsp3) is 0.263. The van der Waals surface area contributed by atoms with Crippen LogP contribution in [0.1, 0.15) is 12.5 Å². The largest absolute Gasteiger partial charge is 0.497 e. The number of nitrogens with zero attached hydrogens (tertiary/aromatic N) is 2. The van der Waals surface area contributed by atoms with E-state index in [1.165, 1.54) is 27.2 Å². The van der Waals surface area contributed by atoms with Crippen LogP contribution >= 0.6 is 23.2 Å². The smallest absolute Gasteiger partial charge is 0.258 e. The molecule has 0 saturated heterocycles. The summed E-state index contributed by atoms with van der Waals surface area (Å²) in [6.45, 7) is 3.07. The van der Waals surface area contributed by atoms with Crippen LogP contribution in [0.3, 0.4) is 0 Å². The van der Waals surface area contributed by atoms with E-state index in [0.29, 0.717) is 16.5 Å². The summed E-state index contributed by atoms with van der Waals surface area (Å²) in [4.78, 5) is 24.6. The minimum Gasteiger partial charge on any atom is -0.497 e. The molecule has 0 bridgehead atoms. The number of hydrogen-bond donors (Lipinski definition) is 1.